The van der Waals surface area contributed by atoms with Crippen molar-refractivity contribution < 1.29 is 9.53 Å². The van der Waals surface area contributed by atoms with Gasteiger partial charge in [0.2, 0.25) is 0 Å². The number of ether oxygens (including phenoxy) is 1. The Bertz CT molecular complexity index is 694. The minimum atomic E-state index is -0.191. The van der Waals surface area contributed by atoms with Crippen molar-refractivity contribution in [2.45, 2.75) is 38.3 Å². The fourth-order valence-electron chi connectivity index (χ4n) is 3.76. The SMILES string of the molecule is O=C(OCc1ccccc1)N1CCC2(CC2)C[C@@H]1c1ccccc1. The van der Waals surface area contributed by atoms with E-state index in [1.54, 1.807) is 0 Å². The molecule has 2 fully saturated rings. The molecule has 3 heteroatoms. The Hall–Kier alpha value is -2.29. The van der Waals surface area contributed by atoms with Gasteiger partial charge >= 0.3 is 6.09 Å². The van der Waals surface area contributed by atoms with Gasteiger partial charge in [-0.25, -0.2) is 4.79 Å². The molecule has 0 radical (unpaired) electrons. The Morgan fingerprint density at radius 2 is 1.67 bits per heavy atom. The fourth-order valence-corrected chi connectivity index (χ4v) is 3.76. The highest BCUT2D eigenvalue weighted by Gasteiger charge is 2.49. The molecule has 2 aromatic carbocycles. The minimum Gasteiger partial charge on any atom is -0.445 e. The molecule has 4 rings (SSSR count). The number of piperidine rings is 1. The van der Waals surface area contributed by atoms with Gasteiger partial charge in [-0.1, -0.05) is 60.7 Å². The zero-order chi connectivity index (χ0) is 16.4. The van der Waals surface area contributed by atoms with Crippen LogP contribution in [0.5, 0.6) is 0 Å². The largest absolute Gasteiger partial charge is 0.445 e. The summed E-state index contributed by atoms with van der Waals surface area (Å²) < 4.78 is 5.59. The van der Waals surface area contributed by atoms with Crippen LogP contribution in [0, 0.1) is 5.41 Å². The third-order valence-corrected chi connectivity index (χ3v) is 5.47. The summed E-state index contributed by atoms with van der Waals surface area (Å²) >= 11 is 0. The quantitative estimate of drug-likeness (QED) is 0.801. The summed E-state index contributed by atoms with van der Waals surface area (Å²) in [6, 6.07) is 20.4. The van der Waals surface area contributed by atoms with Crippen LogP contribution in [-0.4, -0.2) is 17.5 Å². The molecule has 1 aliphatic heterocycles. The second-order valence-corrected chi connectivity index (χ2v) is 7.11. The molecule has 1 atom stereocenters. The number of rotatable bonds is 3. The molecule has 3 nitrogen and oxygen atoms in total. The summed E-state index contributed by atoms with van der Waals surface area (Å²) in [5, 5.41) is 0. The number of carbonyl (C=O) groups excluding carboxylic acids is 1. The second kappa shape index (κ2) is 6.31. The lowest BCUT2D eigenvalue weighted by atomic mass is 9.85. The van der Waals surface area contributed by atoms with E-state index < -0.39 is 0 Å². The first-order valence-corrected chi connectivity index (χ1v) is 8.78. The highest BCUT2D eigenvalue weighted by Crippen LogP contribution is 2.58. The molecule has 0 unspecified atom stereocenters. The Morgan fingerprint density at radius 1 is 1.00 bits per heavy atom. The van der Waals surface area contributed by atoms with Crippen LogP contribution >= 0.6 is 0 Å². The van der Waals surface area contributed by atoms with E-state index in [0.29, 0.717) is 12.0 Å². The van der Waals surface area contributed by atoms with Crippen LogP contribution in [0.1, 0.15) is 42.9 Å². The van der Waals surface area contributed by atoms with Crippen molar-refractivity contribution in [3.05, 3.63) is 71.8 Å². The van der Waals surface area contributed by atoms with E-state index in [9.17, 15) is 4.79 Å². The van der Waals surface area contributed by atoms with Gasteiger partial charge in [-0.2, -0.15) is 0 Å². The first-order valence-electron chi connectivity index (χ1n) is 8.78. The van der Waals surface area contributed by atoms with Crippen LogP contribution in [0.15, 0.2) is 60.7 Å². The summed E-state index contributed by atoms with van der Waals surface area (Å²) in [6.07, 6.45) is 4.60. The average molecular weight is 321 g/mol. The zero-order valence-corrected chi connectivity index (χ0v) is 13.9. The van der Waals surface area contributed by atoms with E-state index in [4.69, 9.17) is 4.74 Å². The maximum atomic E-state index is 12.7. The van der Waals surface area contributed by atoms with E-state index >= 15 is 0 Å². The molecule has 0 N–H and O–H groups in total. The van der Waals surface area contributed by atoms with Crippen molar-refractivity contribution in [1.29, 1.82) is 0 Å². The van der Waals surface area contributed by atoms with Crippen molar-refractivity contribution in [1.82, 2.24) is 4.90 Å². The van der Waals surface area contributed by atoms with Gasteiger partial charge in [0.25, 0.3) is 0 Å². The summed E-state index contributed by atoms with van der Waals surface area (Å²) in [4.78, 5) is 14.6. The number of carbonyl (C=O) groups is 1. The van der Waals surface area contributed by atoms with Gasteiger partial charge in [-0.05, 0) is 42.2 Å². The van der Waals surface area contributed by atoms with Crippen LogP contribution in [0.2, 0.25) is 0 Å². The van der Waals surface area contributed by atoms with Crippen LogP contribution in [0.3, 0.4) is 0 Å². The van der Waals surface area contributed by atoms with E-state index in [0.717, 1.165) is 24.9 Å². The molecule has 124 valence electrons. The lowest BCUT2D eigenvalue weighted by molar-refractivity contribution is 0.0527. The third-order valence-electron chi connectivity index (χ3n) is 5.47. The predicted octanol–water partition coefficient (Wildman–Crippen LogP) is 4.94. The van der Waals surface area contributed by atoms with E-state index in [2.05, 4.69) is 24.3 Å². The molecule has 24 heavy (non-hydrogen) atoms. The molecular weight excluding hydrogens is 298 g/mol. The van der Waals surface area contributed by atoms with Crippen molar-refractivity contribution in [3.8, 4) is 0 Å². The van der Waals surface area contributed by atoms with Gasteiger partial charge in [-0.15, -0.1) is 0 Å². The average Bonchev–Trinajstić information content (AvgIpc) is 3.40. The van der Waals surface area contributed by atoms with Gasteiger partial charge < -0.3 is 9.64 Å². The molecule has 1 saturated heterocycles. The molecule has 1 aliphatic carbocycles. The van der Waals surface area contributed by atoms with Crippen LogP contribution in [-0.2, 0) is 11.3 Å². The van der Waals surface area contributed by atoms with Gasteiger partial charge in [-0.3, -0.25) is 0 Å². The molecule has 1 spiro atoms. The second-order valence-electron chi connectivity index (χ2n) is 7.11. The Morgan fingerprint density at radius 3 is 2.33 bits per heavy atom. The summed E-state index contributed by atoms with van der Waals surface area (Å²) in [7, 11) is 0. The molecular formula is C21H23NO2. The van der Waals surface area contributed by atoms with Crippen LogP contribution in [0.4, 0.5) is 4.79 Å². The summed E-state index contributed by atoms with van der Waals surface area (Å²) in [6.45, 7) is 1.13. The molecule has 1 saturated carbocycles. The molecule has 2 aliphatic rings. The Labute approximate surface area is 143 Å². The van der Waals surface area contributed by atoms with Crippen molar-refractivity contribution in [2.24, 2.45) is 5.41 Å². The molecule has 1 amide bonds. The molecule has 2 aromatic rings. The first kappa shape index (κ1) is 15.3. The number of hydrogen-bond donors (Lipinski definition) is 0. The van der Waals surface area contributed by atoms with E-state index in [1.165, 1.54) is 18.4 Å². The summed E-state index contributed by atoms with van der Waals surface area (Å²) in [5.74, 6) is 0. The topological polar surface area (TPSA) is 29.5 Å². The van der Waals surface area contributed by atoms with Crippen molar-refractivity contribution >= 4 is 6.09 Å². The number of amides is 1. The lowest BCUT2D eigenvalue weighted by Gasteiger charge is -2.39. The highest BCUT2D eigenvalue weighted by atomic mass is 16.6. The lowest BCUT2D eigenvalue weighted by Crippen LogP contribution is -2.41. The molecule has 0 bridgehead atoms. The van der Waals surface area contributed by atoms with Crippen molar-refractivity contribution in [2.75, 3.05) is 6.54 Å². The van der Waals surface area contributed by atoms with Gasteiger partial charge in [0.1, 0.15) is 6.61 Å². The maximum absolute atomic E-state index is 12.7. The van der Waals surface area contributed by atoms with Gasteiger partial charge in [0.05, 0.1) is 6.04 Å². The van der Waals surface area contributed by atoms with Crippen LogP contribution < -0.4 is 0 Å². The fraction of sp³-hybridized carbons (Fsp3) is 0.381. The monoisotopic (exact) mass is 321 g/mol. The normalized spacial score (nSPS) is 21.5. The summed E-state index contributed by atoms with van der Waals surface area (Å²) in [5.41, 5.74) is 2.73. The zero-order valence-electron chi connectivity index (χ0n) is 13.9. The maximum Gasteiger partial charge on any atom is 0.410 e. The first-order chi connectivity index (χ1) is 11.8. The standard InChI is InChI=1S/C21H23NO2/c23-20(24-16-17-7-3-1-4-8-17)22-14-13-21(11-12-21)15-19(22)18-9-5-2-6-10-18/h1-10,19H,11-16H2/t19-/m1/s1. The van der Waals surface area contributed by atoms with Gasteiger partial charge in [0.15, 0.2) is 0 Å². The van der Waals surface area contributed by atoms with E-state index in [1.807, 2.05) is 41.3 Å². The number of benzene rings is 2. The minimum absolute atomic E-state index is 0.144. The third kappa shape index (κ3) is 3.16. The Kier molecular flexibility index (Phi) is 4.01. The molecule has 1 heterocycles. The highest BCUT2D eigenvalue weighted by molar-refractivity contribution is 5.68. The molecule has 0 aromatic heterocycles. The Balaban J connectivity index is 1.48. The van der Waals surface area contributed by atoms with Gasteiger partial charge in [0, 0.05) is 6.54 Å². The number of likely N-dealkylation sites (tertiary alicyclic amines) is 1. The number of hydrogen-bond acceptors (Lipinski definition) is 2. The van der Waals surface area contributed by atoms with E-state index in [-0.39, 0.29) is 12.1 Å². The van der Waals surface area contributed by atoms with Crippen LogP contribution in [0.25, 0.3) is 0 Å². The van der Waals surface area contributed by atoms with Crippen molar-refractivity contribution in [3.63, 3.8) is 0 Å². The smallest absolute Gasteiger partial charge is 0.410 e. The predicted molar refractivity (Wildman–Crippen MR) is 93.4 cm³/mol. The number of nitrogens with zero attached hydrogens (tertiary/aromatic N) is 1.